The fraction of sp³-hybridized carbons (Fsp3) is 0.300. The maximum Gasteiger partial charge on any atom is 0.195 e. The van der Waals surface area contributed by atoms with Gasteiger partial charge in [-0.15, -0.1) is 0 Å². The average molecular weight is 186 g/mol. The van der Waals surface area contributed by atoms with Gasteiger partial charge < -0.3 is 4.98 Å². The summed E-state index contributed by atoms with van der Waals surface area (Å²) in [5.74, 6) is 2.13. The Labute approximate surface area is 81.4 Å². The van der Waals surface area contributed by atoms with Gasteiger partial charge in [0, 0.05) is 30.2 Å². The normalized spacial score (nSPS) is 15.7. The van der Waals surface area contributed by atoms with Crippen molar-refractivity contribution in [3.8, 4) is 11.6 Å². The van der Waals surface area contributed by atoms with Crippen molar-refractivity contribution in [1.29, 1.82) is 0 Å². The lowest BCUT2D eigenvalue weighted by Gasteiger charge is -1.92. The molecule has 0 atom stereocenters. The summed E-state index contributed by atoms with van der Waals surface area (Å²) in [5, 5.41) is 0. The Morgan fingerprint density at radius 3 is 2.64 bits per heavy atom. The second kappa shape index (κ2) is 2.90. The van der Waals surface area contributed by atoms with E-state index < -0.39 is 0 Å². The summed E-state index contributed by atoms with van der Waals surface area (Å²) in [6, 6.07) is 1.80. The zero-order valence-electron chi connectivity index (χ0n) is 7.64. The number of H-pyrrole nitrogens is 1. The highest BCUT2D eigenvalue weighted by atomic mass is 15.0. The number of rotatable bonds is 2. The molecule has 1 aliphatic rings. The van der Waals surface area contributed by atoms with Crippen LogP contribution in [0.15, 0.2) is 24.7 Å². The fourth-order valence-corrected chi connectivity index (χ4v) is 1.47. The van der Waals surface area contributed by atoms with Crippen LogP contribution in [0.3, 0.4) is 0 Å². The molecular weight excluding hydrogens is 176 g/mol. The van der Waals surface area contributed by atoms with Gasteiger partial charge in [-0.1, -0.05) is 0 Å². The topological polar surface area (TPSA) is 54.5 Å². The monoisotopic (exact) mass is 186 g/mol. The van der Waals surface area contributed by atoms with Crippen LogP contribution in [-0.2, 0) is 0 Å². The van der Waals surface area contributed by atoms with Crippen LogP contribution in [0.25, 0.3) is 11.6 Å². The molecule has 1 fully saturated rings. The van der Waals surface area contributed by atoms with E-state index in [-0.39, 0.29) is 0 Å². The molecule has 0 saturated heterocycles. The van der Waals surface area contributed by atoms with E-state index in [0.717, 1.165) is 5.82 Å². The molecule has 1 aliphatic carbocycles. The van der Waals surface area contributed by atoms with Gasteiger partial charge in [0.25, 0.3) is 0 Å². The molecule has 14 heavy (non-hydrogen) atoms. The third-order valence-electron chi connectivity index (χ3n) is 2.39. The highest BCUT2D eigenvalue weighted by molar-refractivity contribution is 5.43. The first-order valence-corrected chi connectivity index (χ1v) is 4.76. The summed E-state index contributed by atoms with van der Waals surface area (Å²) in [5.41, 5.74) is 1.22. The van der Waals surface area contributed by atoms with Gasteiger partial charge in [0.2, 0.25) is 0 Å². The van der Waals surface area contributed by atoms with Crippen LogP contribution in [0.1, 0.15) is 24.5 Å². The molecule has 2 aromatic heterocycles. The van der Waals surface area contributed by atoms with E-state index in [9.17, 15) is 0 Å². The first-order valence-electron chi connectivity index (χ1n) is 4.76. The van der Waals surface area contributed by atoms with E-state index in [2.05, 4.69) is 19.9 Å². The van der Waals surface area contributed by atoms with E-state index in [0.29, 0.717) is 11.7 Å². The molecule has 0 aromatic carbocycles. The second-order valence-corrected chi connectivity index (χ2v) is 3.53. The first kappa shape index (κ1) is 7.67. The van der Waals surface area contributed by atoms with E-state index in [4.69, 9.17) is 0 Å². The molecule has 2 aromatic rings. The minimum atomic E-state index is 0.666. The second-order valence-electron chi connectivity index (χ2n) is 3.53. The predicted octanol–water partition coefficient (Wildman–Crippen LogP) is 1.74. The van der Waals surface area contributed by atoms with Gasteiger partial charge in [-0.05, 0) is 18.9 Å². The summed E-state index contributed by atoms with van der Waals surface area (Å²) >= 11 is 0. The number of imidazole rings is 1. The summed E-state index contributed by atoms with van der Waals surface area (Å²) in [6.07, 6.45) is 7.89. The minimum Gasteiger partial charge on any atom is -0.339 e. The smallest absolute Gasteiger partial charge is 0.195 e. The maximum atomic E-state index is 4.27. The SMILES string of the molecule is c1cnc(-c2ncc(C3CC3)[nH]2)nc1. The Morgan fingerprint density at radius 2 is 1.93 bits per heavy atom. The van der Waals surface area contributed by atoms with Crippen LogP contribution in [0.4, 0.5) is 0 Å². The van der Waals surface area contributed by atoms with Gasteiger partial charge in [-0.3, -0.25) is 0 Å². The average Bonchev–Trinajstić information content (AvgIpc) is 2.98. The molecule has 1 N–H and O–H groups in total. The Balaban J connectivity index is 1.96. The van der Waals surface area contributed by atoms with Crippen molar-refractivity contribution in [3.63, 3.8) is 0 Å². The first-order chi connectivity index (χ1) is 6.93. The molecule has 70 valence electrons. The summed E-state index contributed by atoms with van der Waals surface area (Å²) in [4.78, 5) is 15.8. The fourth-order valence-electron chi connectivity index (χ4n) is 1.47. The van der Waals surface area contributed by atoms with Crippen molar-refractivity contribution in [2.24, 2.45) is 0 Å². The molecule has 0 bridgehead atoms. The molecular formula is C10H10N4. The lowest BCUT2D eigenvalue weighted by atomic mass is 10.3. The van der Waals surface area contributed by atoms with E-state index in [1.54, 1.807) is 18.5 Å². The molecule has 3 rings (SSSR count). The quantitative estimate of drug-likeness (QED) is 0.777. The van der Waals surface area contributed by atoms with Crippen molar-refractivity contribution in [2.75, 3.05) is 0 Å². The molecule has 0 unspecified atom stereocenters. The Kier molecular flexibility index (Phi) is 1.59. The van der Waals surface area contributed by atoms with Gasteiger partial charge in [-0.25, -0.2) is 15.0 Å². The molecule has 0 spiro atoms. The van der Waals surface area contributed by atoms with Gasteiger partial charge in [0.15, 0.2) is 11.6 Å². The third-order valence-corrected chi connectivity index (χ3v) is 2.39. The van der Waals surface area contributed by atoms with Crippen molar-refractivity contribution in [2.45, 2.75) is 18.8 Å². The Bertz CT molecular complexity index is 430. The highest BCUT2D eigenvalue weighted by Gasteiger charge is 2.25. The van der Waals surface area contributed by atoms with Crippen molar-refractivity contribution in [3.05, 3.63) is 30.4 Å². The zero-order valence-corrected chi connectivity index (χ0v) is 7.64. The Hall–Kier alpha value is -1.71. The van der Waals surface area contributed by atoms with E-state index in [1.165, 1.54) is 18.5 Å². The number of nitrogens with zero attached hydrogens (tertiary/aromatic N) is 3. The molecule has 0 radical (unpaired) electrons. The maximum absolute atomic E-state index is 4.27. The molecule has 4 heteroatoms. The summed E-state index contributed by atoms with van der Waals surface area (Å²) in [6.45, 7) is 0. The third kappa shape index (κ3) is 1.28. The van der Waals surface area contributed by atoms with Crippen LogP contribution < -0.4 is 0 Å². The highest BCUT2D eigenvalue weighted by Crippen LogP contribution is 2.39. The molecule has 0 amide bonds. The van der Waals surface area contributed by atoms with Crippen molar-refractivity contribution >= 4 is 0 Å². The largest absolute Gasteiger partial charge is 0.339 e. The van der Waals surface area contributed by atoms with Crippen LogP contribution in [0.5, 0.6) is 0 Å². The van der Waals surface area contributed by atoms with Crippen LogP contribution in [0.2, 0.25) is 0 Å². The standard InChI is InChI=1S/C10H10N4/c1-4-11-9(12-5-1)10-13-6-8(14-10)7-2-3-7/h1,4-7H,2-3H2,(H,13,14). The van der Waals surface area contributed by atoms with Crippen LogP contribution in [-0.4, -0.2) is 19.9 Å². The molecule has 4 nitrogen and oxygen atoms in total. The van der Waals surface area contributed by atoms with Crippen molar-refractivity contribution in [1.82, 2.24) is 19.9 Å². The zero-order chi connectivity index (χ0) is 9.38. The van der Waals surface area contributed by atoms with Gasteiger partial charge in [0.1, 0.15) is 0 Å². The van der Waals surface area contributed by atoms with E-state index >= 15 is 0 Å². The molecule has 1 saturated carbocycles. The Morgan fingerprint density at radius 1 is 1.14 bits per heavy atom. The van der Waals surface area contributed by atoms with Crippen LogP contribution >= 0.6 is 0 Å². The van der Waals surface area contributed by atoms with Gasteiger partial charge in [-0.2, -0.15) is 0 Å². The molecule has 0 aliphatic heterocycles. The van der Waals surface area contributed by atoms with Crippen molar-refractivity contribution < 1.29 is 0 Å². The minimum absolute atomic E-state index is 0.666. The number of hydrogen-bond acceptors (Lipinski definition) is 3. The number of nitrogens with one attached hydrogen (secondary N) is 1. The van der Waals surface area contributed by atoms with Gasteiger partial charge in [0.05, 0.1) is 0 Å². The summed E-state index contributed by atoms with van der Waals surface area (Å²) in [7, 11) is 0. The number of aromatic amines is 1. The number of hydrogen-bond donors (Lipinski definition) is 1. The van der Waals surface area contributed by atoms with Gasteiger partial charge >= 0.3 is 0 Å². The lowest BCUT2D eigenvalue weighted by molar-refractivity contribution is 1.04. The van der Waals surface area contributed by atoms with E-state index in [1.807, 2.05) is 6.20 Å². The lowest BCUT2D eigenvalue weighted by Crippen LogP contribution is -1.88. The predicted molar refractivity (Wildman–Crippen MR) is 51.6 cm³/mol. The van der Waals surface area contributed by atoms with Crippen LogP contribution in [0, 0.1) is 0 Å². The molecule has 2 heterocycles. The summed E-state index contributed by atoms with van der Waals surface area (Å²) < 4.78 is 0. The number of aromatic nitrogens is 4.